The van der Waals surface area contributed by atoms with Gasteiger partial charge in [0.1, 0.15) is 12.1 Å². The number of aliphatic carboxylic acids is 1. The van der Waals surface area contributed by atoms with Gasteiger partial charge in [0, 0.05) is 0 Å². The molecule has 4 amide bonds. The third-order valence-corrected chi connectivity index (χ3v) is 4.01. The molecule has 0 aromatic heterocycles. The first-order valence-corrected chi connectivity index (χ1v) is 9.33. The molecular weight excluding hydrogens is 384 g/mol. The molecule has 166 valence electrons. The maximum absolute atomic E-state index is 12.5. The lowest BCUT2D eigenvalue weighted by molar-refractivity contribution is -0.143. The van der Waals surface area contributed by atoms with Gasteiger partial charge < -0.3 is 38.3 Å². The molecule has 29 heavy (non-hydrogen) atoms. The Hall–Kier alpha value is -2.73. The summed E-state index contributed by atoms with van der Waals surface area (Å²) in [7, 11) is 0. The smallest absolute Gasteiger partial charge is 0.326 e. The summed E-state index contributed by atoms with van der Waals surface area (Å²) in [6.07, 6.45) is 1.02. The molecule has 0 aliphatic heterocycles. The van der Waals surface area contributed by atoms with Crippen LogP contribution in [0.25, 0.3) is 0 Å². The lowest BCUT2D eigenvalue weighted by Crippen LogP contribution is -2.54. The zero-order valence-corrected chi connectivity index (χ0v) is 16.8. The molecule has 12 heteroatoms. The molecule has 0 rings (SSSR count). The van der Waals surface area contributed by atoms with Crippen molar-refractivity contribution in [1.29, 1.82) is 0 Å². The van der Waals surface area contributed by atoms with Gasteiger partial charge in [-0.1, -0.05) is 13.8 Å². The molecule has 0 saturated heterocycles. The Balaban J connectivity index is 4.88. The van der Waals surface area contributed by atoms with E-state index in [0.29, 0.717) is 19.4 Å². The van der Waals surface area contributed by atoms with Crippen LogP contribution in [0.1, 0.15) is 39.5 Å². The largest absolute Gasteiger partial charge is 0.480 e. The molecule has 12 nitrogen and oxygen atoms in total. The number of carboxylic acid groups (broad SMARTS) is 1. The summed E-state index contributed by atoms with van der Waals surface area (Å²) >= 11 is 0. The number of carboxylic acids is 1. The van der Waals surface area contributed by atoms with Gasteiger partial charge in [0.25, 0.3) is 0 Å². The van der Waals surface area contributed by atoms with Gasteiger partial charge in [0.05, 0.1) is 19.0 Å². The molecule has 0 aliphatic carbocycles. The highest BCUT2D eigenvalue weighted by atomic mass is 16.4. The number of nitrogens with two attached hydrogens (primary N) is 3. The molecule has 0 spiro atoms. The third kappa shape index (κ3) is 11.0. The second-order valence-electron chi connectivity index (χ2n) is 6.97. The van der Waals surface area contributed by atoms with Crippen molar-refractivity contribution >= 4 is 29.6 Å². The standard InChI is InChI=1S/C17H32N6O6/c1-9(2)14(17(28)29)23-16(27)11(5-3-4-6-18)22-13(25)8-21-15(26)10(19)7-12(20)24/h9-11,14H,3-8,18-19H2,1-2H3,(H2,20,24)(H,21,26)(H,22,25)(H,23,27)(H,28,29). The van der Waals surface area contributed by atoms with E-state index in [1.54, 1.807) is 13.8 Å². The fraction of sp³-hybridized carbons (Fsp3) is 0.706. The maximum Gasteiger partial charge on any atom is 0.326 e. The van der Waals surface area contributed by atoms with Crippen molar-refractivity contribution in [3.05, 3.63) is 0 Å². The third-order valence-electron chi connectivity index (χ3n) is 4.01. The van der Waals surface area contributed by atoms with E-state index < -0.39 is 54.3 Å². The van der Waals surface area contributed by atoms with Gasteiger partial charge in [-0.2, -0.15) is 0 Å². The van der Waals surface area contributed by atoms with Crippen LogP contribution in [0.4, 0.5) is 0 Å². The van der Waals surface area contributed by atoms with Gasteiger partial charge in [-0.05, 0) is 31.7 Å². The fourth-order valence-electron chi connectivity index (χ4n) is 2.38. The minimum absolute atomic E-state index is 0.244. The normalized spacial score (nSPS) is 13.8. The summed E-state index contributed by atoms with van der Waals surface area (Å²) in [5.74, 6) is -4.36. The zero-order valence-electron chi connectivity index (χ0n) is 16.8. The summed E-state index contributed by atoms with van der Waals surface area (Å²) in [5.41, 5.74) is 15.9. The van der Waals surface area contributed by atoms with Crippen LogP contribution >= 0.6 is 0 Å². The van der Waals surface area contributed by atoms with Crippen molar-refractivity contribution in [1.82, 2.24) is 16.0 Å². The number of unbranched alkanes of at least 4 members (excludes halogenated alkanes) is 1. The molecule has 0 aliphatic rings. The van der Waals surface area contributed by atoms with Crippen molar-refractivity contribution < 1.29 is 29.1 Å². The van der Waals surface area contributed by atoms with Crippen molar-refractivity contribution in [3.63, 3.8) is 0 Å². The number of hydrogen-bond acceptors (Lipinski definition) is 7. The predicted octanol–water partition coefficient (Wildman–Crippen LogP) is -2.86. The van der Waals surface area contributed by atoms with Gasteiger partial charge in [0.2, 0.25) is 23.6 Å². The van der Waals surface area contributed by atoms with Crippen LogP contribution in [0.3, 0.4) is 0 Å². The van der Waals surface area contributed by atoms with Gasteiger partial charge in [-0.25, -0.2) is 4.79 Å². The number of rotatable bonds is 14. The Morgan fingerprint density at radius 3 is 2.10 bits per heavy atom. The van der Waals surface area contributed by atoms with Crippen molar-refractivity contribution in [2.75, 3.05) is 13.1 Å². The summed E-state index contributed by atoms with van der Waals surface area (Å²) in [5, 5.41) is 16.3. The maximum atomic E-state index is 12.5. The summed E-state index contributed by atoms with van der Waals surface area (Å²) in [6, 6.07) is -3.29. The number of carbonyl (C=O) groups excluding carboxylic acids is 4. The van der Waals surface area contributed by atoms with Crippen molar-refractivity contribution in [3.8, 4) is 0 Å². The lowest BCUT2D eigenvalue weighted by atomic mass is 10.0. The van der Waals surface area contributed by atoms with E-state index in [1.165, 1.54) is 0 Å². The first kappa shape index (κ1) is 26.3. The Kier molecular flexibility index (Phi) is 12.2. The molecule has 0 aromatic carbocycles. The predicted molar refractivity (Wildman–Crippen MR) is 104 cm³/mol. The molecule has 0 aromatic rings. The van der Waals surface area contributed by atoms with E-state index in [0.717, 1.165) is 0 Å². The average Bonchev–Trinajstić information content (AvgIpc) is 2.61. The molecule has 3 unspecified atom stereocenters. The number of primary amides is 1. The lowest BCUT2D eigenvalue weighted by Gasteiger charge is -2.23. The minimum atomic E-state index is -1.19. The van der Waals surface area contributed by atoms with Crippen molar-refractivity contribution in [2.45, 2.75) is 57.7 Å². The van der Waals surface area contributed by atoms with Gasteiger partial charge in [-0.15, -0.1) is 0 Å². The molecule has 0 radical (unpaired) electrons. The van der Waals surface area contributed by atoms with E-state index in [2.05, 4.69) is 16.0 Å². The highest BCUT2D eigenvalue weighted by molar-refractivity contribution is 5.93. The second-order valence-corrected chi connectivity index (χ2v) is 6.97. The van der Waals surface area contributed by atoms with E-state index >= 15 is 0 Å². The highest BCUT2D eigenvalue weighted by Gasteiger charge is 2.28. The first-order chi connectivity index (χ1) is 13.5. The fourth-order valence-corrected chi connectivity index (χ4v) is 2.38. The Morgan fingerprint density at radius 2 is 1.62 bits per heavy atom. The molecule has 0 saturated carbocycles. The van der Waals surface area contributed by atoms with Crippen LogP contribution in [-0.4, -0.2) is 65.9 Å². The Morgan fingerprint density at radius 1 is 1.00 bits per heavy atom. The Bertz CT molecular complexity index is 597. The molecule has 0 bridgehead atoms. The number of carbonyl (C=O) groups is 5. The van der Waals surface area contributed by atoms with Gasteiger partial charge in [0.15, 0.2) is 0 Å². The number of nitrogens with one attached hydrogen (secondary N) is 3. The molecule has 0 fully saturated rings. The van der Waals surface area contributed by atoms with E-state index in [1.807, 2.05) is 0 Å². The molecular formula is C17H32N6O6. The van der Waals surface area contributed by atoms with Crippen LogP contribution in [-0.2, 0) is 24.0 Å². The summed E-state index contributed by atoms with van der Waals surface area (Å²) in [6.45, 7) is 3.22. The van der Waals surface area contributed by atoms with Crippen LogP contribution in [0.2, 0.25) is 0 Å². The molecule has 0 heterocycles. The second kappa shape index (κ2) is 13.4. The summed E-state index contributed by atoms with van der Waals surface area (Å²) < 4.78 is 0. The zero-order chi connectivity index (χ0) is 22.6. The summed E-state index contributed by atoms with van der Waals surface area (Å²) in [4.78, 5) is 58.4. The van der Waals surface area contributed by atoms with Crippen molar-refractivity contribution in [2.24, 2.45) is 23.1 Å². The minimum Gasteiger partial charge on any atom is -0.480 e. The van der Waals surface area contributed by atoms with Gasteiger partial charge in [-0.3, -0.25) is 19.2 Å². The number of hydrogen-bond donors (Lipinski definition) is 7. The van der Waals surface area contributed by atoms with Gasteiger partial charge >= 0.3 is 5.97 Å². The number of amides is 4. The first-order valence-electron chi connectivity index (χ1n) is 9.33. The SMILES string of the molecule is CC(C)C(NC(=O)C(CCCCN)NC(=O)CNC(=O)C(N)CC(N)=O)C(=O)O. The topological polar surface area (TPSA) is 220 Å². The quantitative estimate of drug-likeness (QED) is 0.146. The monoisotopic (exact) mass is 416 g/mol. The average molecular weight is 416 g/mol. The van der Waals surface area contributed by atoms with Crippen LogP contribution in [0, 0.1) is 5.92 Å². The van der Waals surface area contributed by atoms with E-state index in [9.17, 15) is 29.1 Å². The van der Waals surface area contributed by atoms with Crippen LogP contribution < -0.4 is 33.2 Å². The van der Waals surface area contributed by atoms with E-state index in [4.69, 9.17) is 17.2 Å². The highest BCUT2D eigenvalue weighted by Crippen LogP contribution is 2.05. The molecule has 3 atom stereocenters. The van der Waals surface area contributed by atoms with E-state index in [-0.39, 0.29) is 18.8 Å². The molecule has 10 N–H and O–H groups in total. The Labute approximate surface area is 169 Å². The van der Waals surface area contributed by atoms with Crippen LogP contribution in [0.5, 0.6) is 0 Å². The van der Waals surface area contributed by atoms with Crippen LogP contribution in [0.15, 0.2) is 0 Å².